The summed E-state index contributed by atoms with van der Waals surface area (Å²) in [6, 6.07) is -1.76. The summed E-state index contributed by atoms with van der Waals surface area (Å²) in [5.41, 5.74) is 0. The highest BCUT2D eigenvalue weighted by molar-refractivity contribution is 5.89. The molecule has 2 atom stereocenters. The molecule has 0 aromatic carbocycles. The minimum absolute atomic E-state index is 0.194. The van der Waals surface area contributed by atoms with E-state index in [1.54, 1.807) is 0 Å². The zero-order chi connectivity index (χ0) is 13.1. The minimum atomic E-state index is -0.990. The van der Waals surface area contributed by atoms with Gasteiger partial charge in [-0.1, -0.05) is 0 Å². The summed E-state index contributed by atoms with van der Waals surface area (Å²) in [5.74, 6) is -1.18. The molecule has 3 amide bonds. The van der Waals surface area contributed by atoms with Gasteiger partial charge in [0, 0.05) is 13.1 Å². The lowest BCUT2D eigenvalue weighted by molar-refractivity contribution is -0.141. The lowest BCUT2D eigenvalue weighted by Gasteiger charge is -2.27. The highest BCUT2D eigenvalue weighted by atomic mass is 16.4. The lowest BCUT2D eigenvalue weighted by atomic mass is 10.1. The maximum atomic E-state index is 11.9. The van der Waals surface area contributed by atoms with E-state index in [4.69, 9.17) is 5.11 Å². The number of carboxylic acids is 1. The predicted octanol–water partition coefficient (Wildman–Crippen LogP) is -0.476. The number of piperidine rings is 1. The molecule has 18 heavy (non-hydrogen) atoms. The van der Waals surface area contributed by atoms with E-state index in [1.165, 1.54) is 4.90 Å². The molecule has 7 nitrogen and oxygen atoms in total. The van der Waals surface area contributed by atoms with E-state index in [-0.39, 0.29) is 5.91 Å². The number of urea groups is 1. The van der Waals surface area contributed by atoms with Crippen molar-refractivity contribution in [3.8, 4) is 0 Å². The number of carboxylic acid groups (broad SMARTS) is 1. The fourth-order valence-corrected chi connectivity index (χ4v) is 2.41. The van der Waals surface area contributed by atoms with Crippen molar-refractivity contribution >= 4 is 17.9 Å². The van der Waals surface area contributed by atoms with Gasteiger partial charge < -0.3 is 20.6 Å². The fraction of sp³-hybridized carbons (Fsp3) is 0.727. The Hall–Kier alpha value is -1.79. The molecule has 0 aromatic rings. The van der Waals surface area contributed by atoms with Crippen LogP contribution in [0.2, 0.25) is 0 Å². The molecule has 3 N–H and O–H groups in total. The van der Waals surface area contributed by atoms with E-state index in [1.807, 2.05) is 0 Å². The Balaban J connectivity index is 1.94. The third-order valence-electron chi connectivity index (χ3n) is 3.38. The Morgan fingerprint density at radius 3 is 2.78 bits per heavy atom. The van der Waals surface area contributed by atoms with E-state index >= 15 is 0 Å². The molecule has 2 saturated heterocycles. The van der Waals surface area contributed by atoms with Crippen LogP contribution in [0, 0.1) is 0 Å². The number of nitrogens with one attached hydrogen (secondary N) is 2. The molecule has 0 radical (unpaired) electrons. The second-order valence-electron chi connectivity index (χ2n) is 4.62. The Bertz CT molecular complexity index is 371. The van der Waals surface area contributed by atoms with Gasteiger partial charge in [0.1, 0.15) is 12.1 Å². The Kier molecular flexibility index (Phi) is 3.69. The van der Waals surface area contributed by atoms with Crippen molar-refractivity contribution in [2.24, 2.45) is 0 Å². The zero-order valence-electron chi connectivity index (χ0n) is 10.0. The van der Waals surface area contributed by atoms with Gasteiger partial charge in [-0.3, -0.25) is 4.79 Å². The standard InChI is InChI=1S/C11H17N3O4/c15-9-7(3-1-5-12-9)13-11(18)14-6-2-4-8(14)10(16)17/h7-8H,1-6H2,(H,12,15)(H,13,18)(H,16,17)/t7?,8-/m1/s1. The molecule has 0 bridgehead atoms. The number of amides is 3. The first-order chi connectivity index (χ1) is 8.59. The normalized spacial score (nSPS) is 27.8. The average molecular weight is 255 g/mol. The molecule has 0 aliphatic carbocycles. The molecular formula is C11H17N3O4. The average Bonchev–Trinajstić information content (AvgIpc) is 2.81. The van der Waals surface area contributed by atoms with E-state index in [2.05, 4.69) is 10.6 Å². The van der Waals surface area contributed by atoms with E-state index in [9.17, 15) is 14.4 Å². The molecule has 0 saturated carbocycles. The van der Waals surface area contributed by atoms with E-state index in [0.29, 0.717) is 32.4 Å². The van der Waals surface area contributed by atoms with Gasteiger partial charge in [0.25, 0.3) is 0 Å². The molecule has 100 valence electrons. The number of likely N-dealkylation sites (tertiary alicyclic amines) is 1. The molecule has 1 unspecified atom stereocenters. The van der Waals surface area contributed by atoms with Gasteiger partial charge >= 0.3 is 12.0 Å². The largest absolute Gasteiger partial charge is 0.480 e. The Morgan fingerprint density at radius 2 is 2.11 bits per heavy atom. The van der Waals surface area contributed by atoms with Gasteiger partial charge in [0.2, 0.25) is 5.91 Å². The quantitative estimate of drug-likeness (QED) is 0.621. The summed E-state index contributed by atoms with van der Waals surface area (Å²) in [5, 5.41) is 14.3. The van der Waals surface area contributed by atoms with Crippen LogP contribution in [-0.2, 0) is 9.59 Å². The molecule has 0 spiro atoms. The molecule has 2 fully saturated rings. The summed E-state index contributed by atoms with van der Waals surface area (Å²) in [6.07, 6.45) is 2.57. The molecule has 2 heterocycles. The summed E-state index contributed by atoms with van der Waals surface area (Å²) in [6.45, 7) is 1.06. The molecule has 2 rings (SSSR count). The third kappa shape index (κ3) is 2.55. The maximum absolute atomic E-state index is 11.9. The van der Waals surface area contributed by atoms with Crippen molar-refractivity contribution in [2.45, 2.75) is 37.8 Å². The van der Waals surface area contributed by atoms with Gasteiger partial charge in [0.05, 0.1) is 0 Å². The van der Waals surface area contributed by atoms with Crippen molar-refractivity contribution in [1.29, 1.82) is 0 Å². The van der Waals surface area contributed by atoms with Crippen molar-refractivity contribution < 1.29 is 19.5 Å². The monoisotopic (exact) mass is 255 g/mol. The Morgan fingerprint density at radius 1 is 1.33 bits per heavy atom. The number of nitrogens with zero attached hydrogens (tertiary/aromatic N) is 1. The number of carbonyl (C=O) groups excluding carboxylic acids is 2. The molecule has 2 aliphatic heterocycles. The smallest absolute Gasteiger partial charge is 0.326 e. The first kappa shape index (κ1) is 12.7. The molecule has 0 aromatic heterocycles. The van der Waals surface area contributed by atoms with Crippen LogP contribution in [0.5, 0.6) is 0 Å². The second kappa shape index (κ2) is 5.24. The topological polar surface area (TPSA) is 98.7 Å². The van der Waals surface area contributed by atoms with Crippen molar-refractivity contribution in [2.75, 3.05) is 13.1 Å². The number of hydrogen-bond acceptors (Lipinski definition) is 3. The Labute approximate surface area is 105 Å². The highest BCUT2D eigenvalue weighted by Crippen LogP contribution is 2.17. The third-order valence-corrected chi connectivity index (χ3v) is 3.38. The first-order valence-electron chi connectivity index (χ1n) is 6.17. The predicted molar refractivity (Wildman–Crippen MR) is 61.9 cm³/mol. The van der Waals surface area contributed by atoms with Crippen LogP contribution in [0.1, 0.15) is 25.7 Å². The molecule has 7 heteroatoms. The molecular weight excluding hydrogens is 238 g/mol. The number of carbonyl (C=O) groups is 3. The summed E-state index contributed by atoms with van der Waals surface area (Å²) in [7, 11) is 0. The lowest BCUT2D eigenvalue weighted by Crippen LogP contribution is -2.55. The van der Waals surface area contributed by atoms with Crippen LogP contribution < -0.4 is 10.6 Å². The van der Waals surface area contributed by atoms with Gasteiger partial charge in [0.15, 0.2) is 0 Å². The van der Waals surface area contributed by atoms with Crippen LogP contribution in [0.15, 0.2) is 0 Å². The van der Waals surface area contributed by atoms with Gasteiger partial charge in [-0.25, -0.2) is 9.59 Å². The van der Waals surface area contributed by atoms with Crippen LogP contribution in [0.4, 0.5) is 4.79 Å². The SMILES string of the molecule is O=C1NCCCC1NC(=O)N1CCC[C@@H]1C(=O)O. The second-order valence-corrected chi connectivity index (χ2v) is 4.62. The van der Waals surface area contributed by atoms with Crippen LogP contribution in [0.25, 0.3) is 0 Å². The first-order valence-corrected chi connectivity index (χ1v) is 6.17. The van der Waals surface area contributed by atoms with Gasteiger partial charge in [-0.2, -0.15) is 0 Å². The fourth-order valence-electron chi connectivity index (χ4n) is 2.41. The van der Waals surface area contributed by atoms with E-state index in [0.717, 1.165) is 6.42 Å². The van der Waals surface area contributed by atoms with Crippen molar-refractivity contribution in [1.82, 2.24) is 15.5 Å². The number of hydrogen-bond donors (Lipinski definition) is 3. The summed E-state index contributed by atoms with van der Waals surface area (Å²) in [4.78, 5) is 35.7. The van der Waals surface area contributed by atoms with Gasteiger partial charge in [-0.05, 0) is 25.7 Å². The summed E-state index contributed by atoms with van der Waals surface area (Å²) < 4.78 is 0. The summed E-state index contributed by atoms with van der Waals surface area (Å²) >= 11 is 0. The maximum Gasteiger partial charge on any atom is 0.326 e. The van der Waals surface area contributed by atoms with Crippen molar-refractivity contribution in [3.63, 3.8) is 0 Å². The zero-order valence-corrected chi connectivity index (χ0v) is 10.0. The minimum Gasteiger partial charge on any atom is -0.480 e. The number of aliphatic carboxylic acids is 1. The van der Waals surface area contributed by atoms with Crippen LogP contribution in [0.3, 0.4) is 0 Å². The van der Waals surface area contributed by atoms with Crippen molar-refractivity contribution in [3.05, 3.63) is 0 Å². The van der Waals surface area contributed by atoms with Crippen LogP contribution >= 0.6 is 0 Å². The van der Waals surface area contributed by atoms with E-state index < -0.39 is 24.1 Å². The number of rotatable bonds is 2. The molecule has 2 aliphatic rings. The van der Waals surface area contributed by atoms with Gasteiger partial charge in [-0.15, -0.1) is 0 Å². The highest BCUT2D eigenvalue weighted by Gasteiger charge is 2.35. The van der Waals surface area contributed by atoms with Crippen LogP contribution in [-0.4, -0.2) is 53.1 Å².